The van der Waals surface area contributed by atoms with Gasteiger partial charge in [0.15, 0.2) is 59.5 Å². The van der Waals surface area contributed by atoms with Gasteiger partial charge >= 0.3 is 11.9 Å². The number of carboxylic acids is 2. The zero-order valence-corrected chi connectivity index (χ0v) is 43.8. The van der Waals surface area contributed by atoms with Crippen LogP contribution in [0.25, 0.3) is 0 Å². The molecule has 3 aliphatic heterocycles. The first-order chi connectivity index (χ1) is 36.3. The van der Waals surface area contributed by atoms with Crippen molar-refractivity contribution < 1.29 is 84.0 Å². The number of benzene rings is 3. The molecule has 0 aliphatic carbocycles. The number of aliphatic hydroxyl groups is 1. The molecule has 0 saturated heterocycles. The lowest BCUT2D eigenvalue weighted by molar-refractivity contribution is -0.170. The van der Waals surface area contributed by atoms with Gasteiger partial charge in [-0.1, -0.05) is 128 Å². The molecule has 0 bridgehead atoms. The van der Waals surface area contributed by atoms with Crippen molar-refractivity contribution in [3.8, 4) is 51.7 Å². The third-order valence-electron chi connectivity index (χ3n) is 14.7. The number of aliphatic carboxylic acids is 2. The van der Waals surface area contributed by atoms with E-state index in [1.54, 1.807) is 0 Å². The van der Waals surface area contributed by atoms with Crippen molar-refractivity contribution in [2.24, 2.45) is 0 Å². The number of rotatable bonds is 36. The quantitative estimate of drug-likeness (QED) is 0.0149. The standard InChI is InChI=1S/C58H84O17/c59-43-33-38(34-44(60)52(43)67)54-47(72-58(69)39-35-45(61)53(68)46(62)36-39)37-42-56-40(27-29-51(74-56)71-32-24-20-16-12-8-4-2-6-10-14-18-22-26-49(65)66)55-41(57(42)75-54)28-30-50(73-55)70-31-23-19-15-11-7-3-1-5-9-13-17-21-25-48(63)64/h33-36,47,50-51,54,58-62,67-69H,1-32,37H2,(H,63,64)(H,65,66)/t47-,50?,51?,54-,58?/m1/s1. The van der Waals surface area contributed by atoms with Crippen LogP contribution in [0.1, 0.15) is 220 Å². The SMILES string of the molecule is O=C(O)CCCCCCCCCCCCCCOC1CCc2c(c3c(c4c2O[C@H](c2cc(O)c(O)c(O)c2)[C@H](OC(O)c2cc(O)c(O)c(O)c2)C4)OC(OCCCCCCCCCCCCCCC(=O)O)CC3)O1. The fourth-order valence-corrected chi connectivity index (χ4v) is 10.5. The lowest BCUT2D eigenvalue weighted by Gasteiger charge is -2.41. The first kappa shape index (κ1) is 58.9. The molecular formula is C58H84O17. The summed E-state index contributed by atoms with van der Waals surface area (Å²) in [5.41, 5.74) is 2.43. The van der Waals surface area contributed by atoms with E-state index in [4.69, 9.17) is 38.6 Å². The molecule has 3 heterocycles. The van der Waals surface area contributed by atoms with Crippen LogP contribution < -0.4 is 14.2 Å². The second-order valence-corrected chi connectivity index (χ2v) is 20.7. The molecule has 3 aliphatic rings. The summed E-state index contributed by atoms with van der Waals surface area (Å²) < 4.78 is 39.3. The van der Waals surface area contributed by atoms with Gasteiger partial charge in [0.25, 0.3) is 0 Å². The van der Waals surface area contributed by atoms with Gasteiger partial charge in [0.1, 0.15) is 23.4 Å². The fraction of sp³-hybridized carbons (Fsp3) is 0.655. The highest BCUT2D eigenvalue weighted by molar-refractivity contribution is 5.67. The number of ether oxygens (including phenoxy) is 6. The molecule has 75 heavy (non-hydrogen) atoms. The maximum atomic E-state index is 11.4. The minimum absolute atomic E-state index is 0.0651. The van der Waals surface area contributed by atoms with Gasteiger partial charge in [-0.15, -0.1) is 0 Å². The summed E-state index contributed by atoms with van der Waals surface area (Å²) in [6.45, 7) is 1.06. The largest absolute Gasteiger partial charge is 0.504 e. The van der Waals surface area contributed by atoms with E-state index in [0.717, 1.165) is 120 Å². The van der Waals surface area contributed by atoms with Crippen molar-refractivity contribution in [2.45, 2.75) is 230 Å². The highest BCUT2D eigenvalue weighted by Crippen LogP contribution is 2.54. The van der Waals surface area contributed by atoms with Gasteiger partial charge < -0.3 is 74.4 Å². The normalized spacial score (nSPS) is 18.3. The molecule has 3 aromatic rings. The minimum Gasteiger partial charge on any atom is -0.504 e. The van der Waals surface area contributed by atoms with Crippen molar-refractivity contribution in [2.75, 3.05) is 13.2 Å². The van der Waals surface area contributed by atoms with E-state index in [-0.39, 0.29) is 30.4 Å². The van der Waals surface area contributed by atoms with E-state index in [1.165, 1.54) is 69.9 Å². The fourth-order valence-electron chi connectivity index (χ4n) is 10.5. The Hall–Kier alpha value is -5.36. The molecule has 0 fully saturated rings. The van der Waals surface area contributed by atoms with E-state index >= 15 is 0 Å². The Morgan fingerprint density at radius 1 is 0.480 bits per heavy atom. The topological polar surface area (TPSA) is 272 Å². The van der Waals surface area contributed by atoms with E-state index < -0.39 is 77.5 Å². The molecule has 17 heteroatoms. The Morgan fingerprint density at radius 2 is 0.827 bits per heavy atom. The molecular weight excluding hydrogens is 969 g/mol. The second-order valence-electron chi connectivity index (χ2n) is 20.7. The number of hydrogen-bond acceptors (Lipinski definition) is 15. The van der Waals surface area contributed by atoms with Gasteiger partial charge in [-0.25, -0.2) is 0 Å². The Bertz CT molecular complexity index is 2200. The highest BCUT2D eigenvalue weighted by atomic mass is 16.7. The van der Waals surface area contributed by atoms with Crippen LogP contribution in [0.4, 0.5) is 0 Å². The first-order valence-electron chi connectivity index (χ1n) is 28.0. The smallest absolute Gasteiger partial charge is 0.303 e. The average Bonchev–Trinajstić information content (AvgIpc) is 3.38. The van der Waals surface area contributed by atoms with Crippen molar-refractivity contribution in [1.82, 2.24) is 0 Å². The molecule has 418 valence electrons. The van der Waals surface area contributed by atoms with Crippen LogP contribution in [0.15, 0.2) is 24.3 Å². The number of phenols is 6. The minimum atomic E-state index is -1.76. The number of carboxylic acid groups (broad SMARTS) is 2. The molecule has 9 N–H and O–H groups in total. The number of carbonyl (C=O) groups is 2. The summed E-state index contributed by atoms with van der Waals surface area (Å²) in [6, 6.07) is 4.61. The highest BCUT2D eigenvalue weighted by Gasteiger charge is 2.43. The second kappa shape index (κ2) is 31.0. The van der Waals surface area contributed by atoms with Gasteiger partial charge in [0.05, 0.1) is 13.2 Å². The molecule has 0 radical (unpaired) electrons. The number of fused-ring (bicyclic) bond motifs is 6. The first-order valence-corrected chi connectivity index (χ1v) is 28.0. The van der Waals surface area contributed by atoms with Gasteiger partial charge in [-0.2, -0.15) is 0 Å². The third-order valence-corrected chi connectivity index (χ3v) is 14.7. The van der Waals surface area contributed by atoms with Crippen LogP contribution in [0.3, 0.4) is 0 Å². The lowest BCUT2D eigenvalue weighted by Crippen LogP contribution is -2.37. The molecule has 0 spiro atoms. The Balaban J connectivity index is 1.08. The van der Waals surface area contributed by atoms with Crippen LogP contribution in [0.5, 0.6) is 51.7 Å². The van der Waals surface area contributed by atoms with Gasteiger partial charge in [-0.3, -0.25) is 9.59 Å². The number of hydrogen-bond donors (Lipinski definition) is 9. The Kier molecular flexibility index (Phi) is 24.3. The maximum Gasteiger partial charge on any atom is 0.303 e. The summed E-state index contributed by atoms with van der Waals surface area (Å²) in [7, 11) is 0. The zero-order chi connectivity index (χ0) is 53.5. The molecule has 17 nitrogen and oxygen atoms in total. The predicted molar refractivity (Wildman–Crippen MR) is 279 cm³/mol. The van der Waals surface area contributed by atoms with Crippen molar-refractivity contribution in [3.05, 3.63) is 52.1 Å². The van der Waals surface area contributed by atoms with E-state index in [0.29, 0.717) is 61.7 Å². The molecule has 0 saturated carbocycles. The van der Waals surface area contributed by atoms with Crippen molar-refractivity contribution in [3.63, 3.8) is 0 Å². The molecule has 5 atom stereocenters. The van der Waals surface area contributed by atoms with Crippen molar-refractivity contribution in [1.29, 1.82) is 0 Å². The summed E-state index contributed by atoms with van der Waals surface area (Å²) in [5, 5.41) is 91.1. The molecule has 0 aromatic heterocycles. The molecule has 3 unspecified atom stereocenters. The van der Waals surface area contributed by atoms with Crippen LogP contribution >= 0.6 is 0 Å². The Morgan fingerprint density at radius 3 is 1.23 bits per heavy atom. The van der Waals surface area contributed by atoms with Crippen LogP contribution in [0.2, 0.25) is 0 Å². The number of phenolic OH excluding ortho intramolecular Hbond substituents is 6. The molecule has 3 aromatic carbocycles. The predicted octanol–water partition coefficient (Wildman–Crippen LogP) is 12.3. The average molecular weight is 1050 g/mol. The number of aromatic hydroxyl groups is 6. The number of aliphatic hydroxyl groups excluding tert-OH is 1. The summed E-state index contributed by atoms with van der Waals surface area (Å²) in [5.74, 6) is -3.88. The monoisotopic (exact) mass is 1050 g/mol. The molecule has 0 amide bonds. The van der Waals surface area contributed by atoms with E-state index in [1.807, 2.05) is 0 Å². The number of unbranched alkanes of at least 4 members (excludes halogenated alkanes) is 22. The van der Waals surface area contributed by atoms with Gasteiger partial charge in [0, 0.05) is 59.9 Å². The summed E-state index contributed by atoms with van der Waals surface area (Å²) in [4.78, 5) is 21.4. The Labute approximate surface area is 441 Å². The van der Waals surface area contributed by atoms with Crippen LogP contribution in [-0.4, -0.2) is 89.8 Å². The van der Waals surface area contributed by atoms with Crippen molar-refractivity contribution >= 4 is 11.9 Å². The van der Waals surface area contributed by atoms with Crippen LogP contribution in [-0.2, 0) is 43.1 Å². The zero-order valence-electron chi connectivity index (χ0n) is 43.8. The molecule has 6 rings (SSSR count). The van der Waals surface area contributed by atoms with Gasteiger partial charge in [-0.05, 0) is 62.8 Å². The van der Waals surface area contributed by atoms with E-state index in [9.17, 15) is 45.3 Å². The summed E-state index contributed by atoms with van der Waals surface area (Å²) >= 11 is 0. The van der Waals surface area contributed by atoms with E-state index in [2.05, 4.69) is 0 Å². The summed E-state index contributed by atoms with van der Waals surface area (Å²) in [6.07, 6.45) is 23.9. The van der Waals surface area contributed by atoms with Gasteiger partial charge in [0.2, 0.25) is 0 Å². The third kappa shape index (κ3) is 18.4. The maximum absolute atomic E-state index is 11.4. The lowest BCUT2D eigenvalue weighted by atomic mass is 9.86. The van der Waals surface area contributed by atoms with Crippen LogP contribution in [0, 0.1) is 0 Å².